The van der Waals surface area contributed by atoms with Crippen LogP contribution >= 0.6 is 0 Å². The molecule has 2 amide bonds. The van der Waals surface area contributed by atoms with E-state index in [1.54, 1.807) is 16.9 Å². The molecule has 1 aliphatic heterocycles. The molecule has 0 radical (unpaired) electrons. The molecule has 1 saturated heterocycles. The zero-order valence-corrected chi connectivity index (χ0v) is 15.1. The van der Waals surface area contributed by atoms with E-state index in [0.29, 0.717) is 24.3 Å². The minimum atomic E-state index is -0.171. The summed E-state index contributed by atoms with van der Waals surface area (Å²) in [4.78, 5) is 26.9. The van der Waals surface area contributed by atoms with Gasteiger partial charge < -0.3 is 10.2 Å². The van der Waals surface area contributed by atoms with Gasteiger partial charge in [-0.05, 0) is 31.7 Å². The quantitative estimate of drug-likeness (QED) is 0.844. The van der Waals surface area contributed by atoms with Gasteiger partial charge >= 0.3 is 0 Å². The first-order chi connectivity index (χ1) is 13.2. The molecule has 4 rings (SSSR count). The largest absolute Gasteiger partial charge is 0.348 e. The lowest BCUT2D eigenvalue weighted by molar-refractivity contribution is 0.0720. The van der Waals surface area contributed by atoms with E-state index in [4.69, 9.17) is 0 Å². The van der Waals surface area contributed by atoms with Crippen LogP contribution in [-0.2, 0) is 6.54 Å². The Morgan fingerprint density at radius 3 is 2.78 bits per heavy atom. The van der Waals surface area contributed by atoms with Crippen molar-refractivity contribution in [1.29, 1.82) is 0 Å². The number of carbonyl (C=O) groups excluding carboxylic acids is 2. The summed E-state index contributed by atoms with van der Waals surface area (Å²) in [5, 5.41) is 18.6. The fourth-order valence-electron chi connectivity index (χ4n) is 3.91. The van der Waals surface area contributed by atoms with Gasteiger partial charge in [0.1, 0.15) is 0 Å². The first-order valence-electron chi connectivity index (χ1n) is 9.49. The van der Waals surface area contributed by atoms with Crippen LogP contribution in [0.5, 0.6) is 0 Å². The fourth-order valence-corrected chi connectivity index (χ4v) is 3.91. The van der Waals surface area contributed by atoms with Gasteiger partial charge in [-0.2, -0.15) is 10.2 Å². The van der Waals surface area contributed by atoms with E-state index in [1.165, 1.54) is 12.4 Å². The van der Waals surface area contributed by atoms with Gasteiger partial charge in [-0.3, -0.25) is 9.59 Å². The summed E-state index contributed by atoms with van der Waals surface area (Å²) in [5.74, 6) is -0.220. The van der Waals surface area contributed by atoms with Crippen molar-refractivity contribution in [3.63, 3.8) is 0 Å². The van der Waals surface area contributed by atoms with E-state index in [-0.39, 0.29) is 23.9 Å². The Kier molecular flexibility index (Phi) is 5.08. The molecule has 0 spiro atoms. The molecule has 1 N–H and O–H groups in total. The number of nitrogens with one attached hydrogen (secondary N) is 1. The smallest absolute Gasteiger partial charge is 0.273 e. The van der Waals surface area contributed by atoms with Gasteiger partial charge in [0.25, 0.3) is 11.8 Å². The fraction of sp³-hybridized carbons (Fsp3) is 0.556. The second kappa shape index (κ2) is 7.81. The maximum absolute atomic E-state index is 12.7. The molecular weight excluding hydrogens is 346 g/mol. The molecule has 0 aromatic carbocycles. The Morgan fingerprint density at radius 2 is 2.00 bits per heavy atom. The van der Waals surface area contributed by atoms with Crippen LogP contribution in [0.2, 0.25) is 0 Å². The molecule has 1 aliphatic carbocycles. The van der Waals surface area contributed by atoms with Crippen molar-refractivity contribution in [2.75, 3.05) is 6.54 Å². The number of hydrogen-bond donors (Lipinski definition) is 1. The van der Waals surface area contributed by atoms with Crippen molar-refractivity contribution in [1.82, 2.24) is 35.4 Å². The summed E-state index contributed by atoms with van der Waals surface area (Å²) < 4.78 is 1.66. The average Bonchev–Trinajstić information content (AvgIpc) is 3.44. The number of amides is 2. The molecular formula is C18H23N7O2. The maximum Gasteiger partial charge on any atom is 0.273 e. The van der Waals surface area contributed by atoms with E-state index < -0.39 is 0 Å². The number of hydrogen-bond acceptors (Lipinski definition) is 6. The number of nitrogens with zero attached hydrogens (tertiary/aromatic N) is 6. The molecule has 2 aromatic rings. The molecule has 0 bridgehead atoms. The first-order valence-corrected chi connectivity index (χ1v) is 9.49. The van der Waals surface area contributed by atoms with Gasteiger partial charge in [-0.1, -0.05) is 18.1 Å². The second-order valence-electron chi connectivity index (χ2n) is 7.21. The minimum Gasteiger partial charge on any atom is -0.348 e. The topological polar surface area (TPSA) is 106 Å². The summed E-state index contributed by atoms with van der Waals surface area (Å²) in [5.41, 5.74) is 0.864. The van der Waals surface area contributed by atoms with Gasteiger partial charge in [0.05, 0.1) is 36.7 Å². The van der Waals surface area contributed by atoms with Crippen LogP contribution in [0.1, 0.15) is 59.4 Å². The minimum absolute atomic E-state index is 0.0260. The van der Waals surface area contributed by atoms with Crippen LogP contribution in [-0.4, -0.2) is 60.5 Å². The normalized spacial score (nSPS) is 20.1. The monoisotopic (exact) mass is 369 g/mol. The zero-order valence-electron chi connectivity index (χ0n) is 15.1. The van der Waals surface area contributed by atoms with Crippen molar-refractivity contribution in [2.45, 2.75) is 57.2 Å². The Bertz CT molecular complexity index is 801. The predicted octanol–water partition coefficient (Wildman–Crippen LogP) is 1.05. The summed E-state index contributed by atoms with van der Waals surface area (Å²) in [7, 11) is 0. The van der Waals surface area contributed by atoms with Gasteiger partial charge in [0, 0.05) is 12.6 Å². The third kappa shape index (κ3) is 3.96. The van der Waals surface area contributed by atoms with Crippen LogP contribution in [0.3, 0.4) is 0 Å². The zero-order chi connectivity index (χ0) is 18.6. The third-order valence-electron chi connectivity index (χ3n) is 5.33. The van der Waals surface area contributed by atoms with Crippen LogP contribution in [0.25, 0.3) is 0 Å². The summed E-state index contributed by atoms with van der Waals surface area (Å²) >= 11 is 0. The van der Waals surface area contributed by atoms with E-state index in [1.807, 2.05) is 4.90 Å². The number of likely N-dealkylation sites (tertiary alicyclic amines) is 1. The standard InChI is InChI=1S/C18H23N7O2/c26-17(21-14-4-1-2-5-14)16-12-24(23-22-16)11-15-6-3-9-25(15)18(27)13-7-8-19-20-10-13/h7-8,10,12,14-15H,1-6,9,11H2,(H,21,26)/t15-/m0/s1. The molecule has 9 nitrogen and oxygen atoms in total. The maximum atomic E-state index is 12.7. The Hall–Kier alpha value is -2.84. The Labute approximate surface area is 157 Å². The van der Waals surface area contributed by atoms with Crippen molar-refractivity contribution < 1.29 is 9.59 Å². The molecule has 142 valence electrons. The van der Waals surface area contributed by atoms with Gasteiger partial charge in [0.2, 0.25) is 0 Å². The second-order valence-corrected chi connectivity index (χ2v) is 7.21. The molecule has 2 aromatic heterocycles. The van der Waals surface area contributed by atoms with Crippen molar-refractivity contribution >= 4 is 11.8 Å². The SMILES string of the molecule is O=C(NC1CCCC1)c1cn(C[C@@H]2CCCN2C(=O)c2ccnnc2)nn1. The van der Waals surface area contributed by atoms with Crippen LogP contribution in [0, 0.1) is 0 Å². The summed E-state index contributed by atoms with van der Waals surface area (Å²) in [6, 6.07) is 1.95. The number of aromatic nitrogens is 5. The van der Waals surface area contributed by atoms with Gasteiger partial charge in [-0.25, -0.2) is 4.68 Å². The lowest BCUT2D eigenvalue weighted by atomic mass is 10.2. The highest BCUT2D eigenvalue weighted by atomic mass is 16.2. The summed E-state index contributed by atoms with van der Waals surface area (Å²) in [6.07, 6.45) is 10.9. The highest BCUT2D eigenvalue weighted by Gasteiger charge is 2.30. The summed E-state index contributed by atoms with van der Waals surface area (Å²) in [6.45, 7) is 1.23. The molecule has 2 fully saturated rings. The highest BCUT2D eigenvalue weighted by Crippen LogP contribution is 2.21. The predicted molar refractivity (Wildman–Crippen MR) is 95.8 cm³/mol. The van der Waals surface area contributed by atoms with Crippen LogP contribution < -0.4 is 5.32 Å². The van der Waals surface area contributed by atoms with Crippen molar-refractivity contribution in [2.24, 2.45) is 0 Å². The molecule has 1 atom stereocenters. The molecule has 3 heterocycles. The highest BCUT2D eigenvalue weighted by molar-refractivity contribution is 5.94. The lowest BCUT2D eigenvalue weighted by Crippen LogP contribution is -2.38. The van der Waals surface area contributed by atoms with E-state index in [9.17, 15) is 9.59 Å². The van der Waals surface area contributed by atoms with Crippen molar-refractivity contribution in [3.05, 3.63) is 35.9 Å². The third-order valence-corrected chi connectivity index (χ3v) is 5.33. The van der Waals surface area contributed by atoms with Gasteiger partial charge in [0.15, 0.2) is 5.69 Å². The molecule has 9 heteroatoms. The van der Waals surface area contributed by atoms with Crippen molar-refractivity contribution in [3.8, 4) is 0 Å². The first kappa shape index (κ1) is 17.6. The van der Waals surface area contributed by atoms with Gasteiger partial charge in [-0.15, -0.1) is 5.10 Å². The van der Waals surface area contributed by atoms with Crippen LogP contribution in [0.15, 0.2) is 24.7 Å². The van der Waals surface area contributed by atoms with Crippen LogP contribution in [0.4, 0.5) is 0 Å². The Balaban J connectivity index is 1.39. The van der Waals surface area contributed by atoms with E-state index in [0.717, 1.165) is 38.5 Å². The molecule has 0 unspecified atom stereocenters. The molecule has 2 aliphatic rings. The van der Waals surface area contributed by atoms with E-state index in [2.05, 4.69) is 25.8 Å². The Morgan fingerprint density at radius 1 is 1.15 bits per heavy atom. The van der Waals surface area contributed by atoms with E-state index >= 15 is 0 Å². The number of rotatable bonds is 5. The molecule has 27 heavy (non-hydrogen) atoms. The average molecular weight is 369 g/mol. The lowest BCUT2D eigenvalue weighted by Gasteiger charge is -2.24. The number of carbonyl (C=O) groups is 2. The molecule has 1 saturated carbocycles.